The minimum atomic E-state index is -3.26. The second kappa shape index (κ2) is 7.78. The van der Waals surface area contributed by atoms with Gasteiger partial charge in [-0.25, -0.2) is 8.42 Å². The Balaban J connectivity index is 1.71. The molecule has 1 aliphatic rings. The van der Waals surface area contributed by atoms with E-state index in [1.807, 2.05) is 43.4 Å². The average molecular weight is 375 g/mol. The molecular weight excluding hydrogens is 348 g/mol. The lowest BCUT2D eigenvalue weighted by Gasteiger charge is -2.30. The highest BCUT2D eigenvalue weighted by atomic mass is 32.2. The van der Waals surface area contributed by atoms with Crippen LogP contribution in [0.1, 0.15) is 29.2 Å². The van der Waals surface area contributed by atoms with Crippen molar-refractivity contribution < 1.29 is 13.5 Å². The van der Waals surface area contributed by atoms with Crippen LogP contribution in [0.15, 0.2) is 48.5 Å². The molecule has 0 aromatic heterocycles. The Labute approximate surface area is 155 Å². The summed E-state index contributed by atoms with van der Waals surface area (Å²) in [6.07, 6.45) is 2.27. The van der Waals surface area contributed by atoms with Gasteiger partial charge in [-0.3, -0.25) is 9.21 Å². The van der Waals surface area contributed by atoms with Gasteiger partial charge in [0.05, 0.1) is 18.0 Å². The second-order valence-electron chi connectivity index (χ2n) is 7.02. The van der Waals surface area contributed by atoms with Crippen LogP contribution in [0.3, 0.4) is 0 Å². The molecule has 0 amide bonds. The van der Waals surface area contributed by atoms with Crippen molar-refractivity contribution in [3.8, 4) is 0 Å². The monoisotopic (exact) mass is 374 g/mol. The fraction of sp³-hybridized carbons (Fsp3) is 0.400. The maximum Gasteiger partial charge on any atom is 0.232 e. The van der Waals surface area contributed by atoms with Crippen LogP contribution in [0.2, 0.25) is 0 Å². The van der Waals surface area contributed by atoms with Crippen molar-refractivity contribution in [2.75, 3.05) is 30.7 Å². The number of nitrogens with zero attached hydrogens (tertiary/aromatic N) is 2. The van der Waals surface area contributed by atoms with Crippen molar-refractivity contribution in [3.05, 3.63) is 65.2 Å². The first-order chi connectivity index (χ1) is 12.3. The van der Waals surface area contributed by atoms with Crippen molar-refractivity contribution in [1.29, 1.82) is 0 Å². The van der Waals surface area contributed by atoms with Crippen LogP contribution in [0, 0.1) is 0 Å². The van der Waals surface area contributed by atoms with E-state index >= 15 is 0 Å². The largest absolute Gasteiger partial charge is 0.387 e. The zero-order valence-corrected chi connectivity index (χ0v) is 16.1. The molecular formula is C20H26N2O3S. The summed E-state index contributed by atoms with van der Waals surface area (Å²) in [7, 11) is -1.28. The highest BCUT2D eigenvalue weighted by Crippen LogP contribution is 2.31. The van der Waals surface area contributed by atoms with E-state index in [1.54, 1.807) is 0 Å². The van der Waals surface area contributed by atoms with E-state index in [9.17, 15) is 13.5 Å². The molecule has 6 heteroatoms. The normalized spacial score (nSPS) is 15.8. The van der Waals surface area contributed by atoms with Gasteiger partial charge in [-0.1, -0.05) is 42.5 Å². The SMILES string of the molecule is CN(Cc1ccccc1)C[C@H](O)c1ccc2c(c1)CCCN2S(C)(=O)=O. The lowest BCUT2D eigenvalue weighted by atomic mass is 9.98. The van der Waals surface area contributed by atoms with E-state index in [-0.39, 0.29) is 0 Å². The van der Waals surface area contributed by atoms with Crippen LogP contribution in [0.5, 0.6) is 0 Å². The highest BCUT2D eigenvalue weighted by molar-refractivity contribution is 7.92. The smallest absolute Gasteiger partial charge is 0.232 e. The van der Waals surface area contributed by atoms with Gasteiger partial charge in [0.1, 0.15) is 0 Å². The van der Waals surface area contributed by atoms with Gasteiger partial charge in [0.2, 0.25) is 10.0 Å². The quantitative estimate of drug-likeness (QED) is 0.844. The topological polar surface area (TPSA) is 60.9 Å². The molecule has 140 valence electrons. The molecule has 0 saturated carbocycles. The zero-order valence-electron chi connectivity index (χ0n) is 15.3. The molecule has 5 nitrogen and oxygen atoms in total. The molecule has 0 unspecified atom stereocenters. The molecule has 1 heterocycles. The van der Waals surface area contributed by atoms with Crippen molar-refractivity contribution in [1.82, 2.24) is 4.90 Å². The molecule has 2 aromatic carbocycles. The summed E-state index contributed by atoms with van der Waals surface area (Å²) in [5, 5.41) is 10.6. The third kappa shape index (κ3) is 4.44. The first kappa shape index (κ1) is 18.9. The van der Waals surface area contributed by atoms with E-state index in [0.717, 1.165) is 36.2 Å². The molecule has 1 aliphatic heterocycles. The van der Waals surface area contributed by atoms with Crippen molar-refractivity contribution in [2.45, 2.75) is 25.5 Å². The maximum absolute atomic E-state index is 12.0. The number of rotatable bonds is 6. The maximum atomic E-state index is 12.0. The second-order valence-corrected chi connectivity index (χ2v) is 8.93. The Morgan fingerprint density at radius 1 is 1.19 bits per heavy atom. The number of benzene rings is 2. The van der Waals surface area contributed by atoms with E-state index in [1.165, 1.54) is 16.1 Å². The number of aliphatic hydroxyl groups is 1. The van der Waals surface area contributed by atoms with Gasteiger partial charge >= 0.3 is 0 Å². The van der Waals surface area contributed by atoms with Gasteiger partial charge in [0.25, 0.3) is 0 Å². The number of hydrogen-bond acceptors (Lipinski definition) is 4. The van der Waals surface area contributed by atoms with Crippen LogP contribution in [0.25, 0.3) is 0 Å². The summed E-state index contributed by atoms with van der Waals surface area (Å²) in [6, 6.07) is 15.8. The lowest BCUT2D eigenvalue weighted by molar-refractivity contribution is 0.124. The van der Waals surface area contributed by atoms with E-state index < -0.39 is 16.1 Å². The Morgan fingerprint density at radius 2 is 1.92 bits per heavy atom. The first-order valence-electron chi connectivity index (χ1n) is 8.85. The molecule has 0 bridgehead atoms. The number of anilines is 1. The molecule has 0 saturated heterocycles. The Bertz CT molecular complexity index is 853. The molecule has 0 fully saturated rings. The van der Waals surface area contributed by atoms with Gasteiger partial charge in [-0.05, 0) is 42.6 Å². The van der Waals surface area contributed by atoms with Gasteiger partial charge in [-0.15, -0.1) is 0 Å². The summed E-state index contributed by atoms with van der Waals surface area (Å²) in [5.74, 6) is 0. The highest BCUT2D eigenvalue weighted by Gasteiger charge is 2.24. The predicted octanol–water partition coefficient (Wildman–Crippen LogP) is 2.56. The van der Waals surface area contributed by atoms with Gasteiger partial charge < -0.3 is 5.11 Å². The van der Waals surface area contributed by atoms with Crippen LogP contribution in [-0.4, -0.2) is 44.8 Å². The number of hydrogen-bond donors (Lipinski definition) is 1. The van der Waals surface area contributed by atoms with Crippen LogP contribution in [-0.2, 0) is 23.0 Å². The van der Waals surface area contributed by atoms with Crippen LogP contribution >= 0.6 is 0 Å². The number of sulfonamides is 1. The molecule has 0 spiro atoms. The molecule has 2 aromatic rings. The first-order valence-corrected chi connectivity index (χ1v) is 10.7. The molecule has 0 radical (unpaired) electrons. The minimum Gasteiger partial charge on any atom is -0.387 e. The van der Waals surface area contributed by atoms with Crippen molar-refractivity contribution in [3.63, 3.8) is 0 Å². The number of likely N-dealkylation sites (N-methyl/N-ethyl adjacent to an activating group) is 1. The number of aryl methyl sites for hydroxylation is 1. The zero-order chi connectivity index (χ0) is 18.7. The van der Waals surface area contributed by atoms with Gasteiger partial charge in [0.15, 0.2) is 0 Å². The van der Waals surface area contributed by atoms with Gasteiger partial charge in [-0.2, -0.15) is 0 Å². The van der Waals surface area contributed by atoms with Crippen LogP contribution in [0.4, 0.5) is 5.69 Å². The fourth-order valence-corrected chi connectivity index (χ4v) is 4.49. The van der Waals surface area contributed by atoms with Crippen molar-refractivity contribution in [2.24, 2.45) is 0 Å². The Morgan fingerprint density at radius 3 is 2.62 bits per heavy atom. The molecule has 1 atom stereocenters. The van der Waals surface area contributed by atoms with Crippen molar-refractivity contribution >= 4 is 15.7 Å². The standard InChI is InChI=1S/C20H26N2O3S/c1-21(14-16-7-4-3-5-8-16)15-20(23)18-10-11-19-17(13-18)9-6-12-22(19)26(2,24)25/h3-5,7-8,10-11,13,20,23H,6,9,12,14-15H2,1-2H3/t20-/m0/s1. The molecule has 1 N–H and O–H groups in total. The fourth-order valence-electron chi connectivity index (χ4n) is 3.49. The lowest BCUT2D eigenvalue weighted by Crippen LogP contribution is -2.34. The summed E-state index contributed by atoms with van der Waals surface area (Å²) < 4.78 is 25.4. The summed E-state index contributed by atoms with van der Waals surface area (Å²) in [6.45, 7) is 1.81. The summed E-state index contributed by atoms with van der Waals surface area (Å²) >= 11 is 0. The third-order valence-corrected chi connectivity index (χ3v) is 5.92. The summed E-state index contributed by atoms with van der Waals surface area (Å²) in [4.78, 5) is 2.09. The third-order valence-electron chi connectivity index (χ3n) is 4.74. The average Bonchev–Trinajstić information content (AvgIpc) is 2.60. The van der Waals surface area contributed by atoms with E-state index in [2.05, 4.69) is 17.0 Å². The Hall–Kier alpha value is -1.89. The molecule has 0 aliphatic carbocycles. The van der Waals surface area contributed by atoms with E-state index in [4.69, 9.17) is 0 Å². The van der Waals surface area contributed by atoms with Crippen LogP contribution < -0.4 is 4.31 Å². The van der Waals surface area contributed by atoms with E-state index in [0.29, 0.717) is 13.1 Å². The Kier molecular flexibility index (Phi) is 5.65. The molecule has 26 heavy (non-hydrogen) atoms. The molecule has 3 rings (SSSR count). The number of aliphatic hydroxyl groups excluding tert-OH is 1. The minimum absolute atomic E-state index is 0.517. The predicted molar refractivity (Wildman–Crippen MR) is 105 cm³/mol. The summed E-state index contributed by atoms with van der Waals surface area (Å²) in [5.41, 5.74) is 3.77. The number of fused-ring (bicyclic) bond motifs is 1. The van der Waals surface area contributed by atoms with Gasteiger partial charge in [0, 0.05) is 19.6 Å².